The molecule has 1 unspecified atom stereocenters. The van der Waals surface area contributed by atoms with E-state index in [9.17, 15) is 23.9 Å². The molecule has 0 radical (unpaired) electrons. The third kappa shape index (κ3) is 6.05. The topological polar surface area (TPSA) is 123 Å². The first kappa shape index (κ1) is 27.6. The number of likely N-dealkylation sites (N-methyl/N-ethyl adjacent to an activating group) is 1. The summed E-state index contributed by atoms with van der Waals surface area (Å²) in [6, 6.07) is 2.65. The first-order valence-electron chi connectivity index (χ1n) is 11.9. The number of aromatic nitrogens is 2. The van der Waals surface area contributed by atoms with Gasteiger partial charge in [-0.1, -0.05) is 25.6 Å². The minimum Gasteiger partial charge on any atom is -0.501 e. The molecule has 11 heteroatoms. The lowest BCUT2D eigenvalue weighted by Crippen LogP contribution is -2.38. The Labute approximate surface area is 214 Å². The Morgan fingerprint density at radius 2 is 2.14 bits per heavy atom. The van der Waals surface area contributed by atoms with E-state index in [-0.39, 0.29) is 37.9 Å². The summed E-state index contributed by atoms with van der Waals surface area (Å²) in [5.41, 5.74) is -0.820. The highest BCUT2D eigenvalue weighted by molar-refractivity contribution is 5.94. The van der Waals surface area contributed by atoms with Gasteiger partial charge in [-0.3, -0.25) is 19.0 Å². The van der Waals surface area contributed by atoms with Crippen molar-refractivity contribution in [2.45, 2.75) is 38.4 Å². The Morgan fingerprint density at radius 1 is 1.38 bits per heavy atom. The smallest absolute Gasteiger partial charge is 0.296 e. The van der Waals surface area contributed by atoms with E-state index in [4.69, 9.17) is 9.47 Å². The Morgan fingerprint density at radius 3 is 2.81 bits per heavy atom. The van der Waals surface area contributed by atoms with Gasteiger partial charge in [0, 0.05) is 25.2 Å². The second kappa shape index (κ2) is 12.3. The van der Waals surface area contributed by atoms with Gasteiger partial charge in [0.2, 0.25) is 11.7 Å². The zero-order valence-electron chi connectivity index (χ0n) is 20.9. The predicted molar refractivity (Wildman–Crippen MR) is 134 cm³/mol. The van der Waals surface area contributed by atoms with Crippen LogP contribution in [0.15, 0.2) is 48.3 Å². The van der Waals surface area contributed by atoms with E-state index >= 15 is 0 Å². The van der Waals surface area contributed by atoms with Gasteiger partial charge in [0.05, 0.1) is 25.9 Å². The molecule has 1 aromatic carbocycles. The Hall–Kier alpha value is -3.99. The molecule has 2 atom stereocenters. The van der Waals surface area contributed by atoms with Gasteiger partial charge in [0.15, 0.2) is 5.69 Å². The number of hydrogen-bond donors (Lipinski definition) is 2. The molecule has 3 rings (SSSR count). The van der Waals surface area contributed by atoms with E-state index in [1.165, 1.54) is 34.7 Å². The third-order valence-electron chi connectivity index (χ3n) is 6.09. The first-order chi connectivity index (χ1) is 17.7. The number of halogens is 1. The number of carbonyl (C=O) groups is 2. The Bertz CT molecular complexity index is 1240. The normalized spacial score (nSPS) is 16.7. The molecule has 0 bridgehead atoms. The maximum absolute atomic E-state index is 13.7. The molecule has 1 aliphatic heterocycles. The van der Waals surface area contributed by atoms with Gasteiger partial charge < -0.3 is 24.8 Å². The Kier molecular flexibility index (Phi) is 9.18. The molecule has 2 heterocycles. The molecule has 10 nitrogen and oxygen atoms in total. The third-order valence-corrected chi connectivity index (χ3v) is 6.09. The minimum atomic E-state index is -0.825. The maximum atomic E-state index is 13.7. The van der Waals surface area contributed by atoms with Crippen LogP contribution in [0.4, 0.5) is 4.39 Å². The number of hydrogen-bond acceptors (Lipinski definition) is 7. The zero-order chi connectivity index (χ0) is 27.1. The van der Waals surface area contributed by atoms with Gasteiger partial charge >= 0.3 is 0 Å². The number of fused-ring (bicyclic) bond motifs is 1. The standard InChI is InChI=1S/C26H31FN4O6/c1-5-8-11-37-20-12-17(27)10-9-16(20)13-28-25(34)22-23(33)26(35)31-18(6-2)14-36-15-19(24(31)29-22)30(4)21(32)7-3/h5,7,9-10,12,18-19,33H,1,3,6,8,11,13-15H2,2,4H3,(H,28,34)/t18-,19?/m0/s1. The molecule has 0 saturated heterocycles. The largest absolute Gasteiger partial charge is 0.501 e. The lowest BCUT2D eigenvalue weighted by atomic mass is 10.1. The van der Waals surface area contributed by atoms with Crippen LogP contribution in [0.2, 0.25) is 0 Å². The van der Waals surface area contributed by atoms with Crippen molar-refractivity contribution in [3.8, 4) is 11.5 Å². The van der Waals surface area contributed by atoms with Crippen molar-refractivity contribution in [3.63, 3.8) is 0 Å². The SMILES string of the molecule is C=CCCOc1cc(F)ccc1CNC(=O)c1nc2n(c(=O)c1O)[C@@H](CC)COCC2N(C)C(=O)C=C. The van der Waals surface area contributed by atoms with Crippen LogP contribution in [-0.4, -0.2) is 58.2 Å². The fraction of sp³-hybridized carbons (Fsp3) is 0.385. The van der Waals surface area contributed by atoms with Gasteiger partial charge in [0.25, 0.3) is 11.5 Å². The molecular weight excluding hydrogens is 483 g/mol. The van der Waals surface area contributed by atoms with Crippen molar-refractivity contribution in [2.75, 3.05) is 26.9 Å². The molecule has 2 aromatic rings. The van der Waals surface area contributed by atoms with E-state index in [1.807, 2.05) is 6.92 Å². The average molecular weight is 515 g/mol. The van der Waals surface area contributed by atoms with Crippen LogP contribution in [0.3, 0.4) is 0 Å². The quantitative estimate of drug-likeness (QED) is 0.284. The van der Waals surface area contributed by atoms with Crippen molar-refractivity contribution < 1.29 is 28.6 Å². The predicted octanol–water partition coefficient (Wildman–Crippen LogP) is 2.64. The highest BCUT2D eigenvalue weighted by Crippen LogP contribution is 2.28. The molecule has 198 valence electrons. The second-order valence-corrected chi connectivity index (χ2v) is 8.47. The lowest BCUT2D eigenvalue weighted by molar-refractivity contribution is -0.128. The van der Waals surface area contributed by atoms with Crippen molar-refractivity contribution in [1.82, 2.24) is 19.8 Å². The highest BCUT2D eigenvalue weighted by Gasteiger charge is 2.34. The summed E-state index contributed by atoms with van der Waals surface area (Å²) >= 11 is 0. The molecule has 0 spiro atoms. The fourth-order valence-corrected chi connectivity index (χ4v) is 3.96. The van der Waals surface area contributed by atoms with E-state index in [0.717, 1.165) is 6.08 Å². The molecule has 2 N–H and O–H groups in total. The fourth-order valence-electron chi connectivity index (χ4n) is 3.96. The van der Waals surface area contributed by atoms with E-state index in [2.05, 4.69) is 23.5 Å². The van der Waals surface area contributed by atoms with E-state index in [1.54, 1.807) is 6.08 Å². The number of amides is 2. The second-order valence-electron chi connectivity index (χ2n) is 8.47. The maximum Gasteiger partial charge on any atom is 0.296 e. The van der Waals surface area contributed by atoms with Gasteiger partial charge in [-0.05, 0) is 25.0 Å². The number of rotatable bonds is 10. The van der Waals surface area contributed by atoms with Crippen molar-refractivity contribution >= 4 is 11.8 Å². The highest BCUT2D eigenvalue weighted by atomic mass is 19.1. The molecule has 1 aliphatic rings. The molecule has 37 heavy (non-hydrogen) atoms. The Balaban J connectivity index is 1.97. The van der Waals surface area contributed by atoms with Crippen LogP contribution in [0.5, 0.6) is 11.5 Å². The van der Waals surface area contributed by atoms with E-state index in [0.29, 0.717) is 18.4 Å². The number of nitrogens with one attached hydrogen (secondary N) is 1. The number of nitrogens with zero attached hydrogens (tertiary/aromatic N) is 3. The first-order valence-corrected chi connectivity index (χ1v) is 11.9. The monoisotopic (exact) mass is 514 g/mol. The molecule has 0 saturated carbocycles. The van der Waals surface area contributed by atoms with E-state index < -0.39 is 46.7 Å². The summed E-state index contributed by atoms with van der Waals surface area (Å²) in [6.07, 6.45) is 3.82. The number of ether oxygens (including phenoxy) is 2. The summed E-state index contributed by atoms with van der Waals surface area (Å²) in [4.78, 5) is 44.3. The van der Waals surface area contributed by atoms with Crippen LogP contribution in [0, 0.1) is 5.82 Å². The molecule has 1 aromatic heterocycles. The van der Waals surface area contributed by atoms with Gasteiger partial charge in [-0.15, -0.1) is 6.58 Å². The zero-order valence-corrected chi connectivity index (χ0v) is 20.9. The van der Waals surface area contributed by atoms with Gasteiger partial charge in [0.1, 0.15) is 23.4 Å². The lowest BCUT2D eigenvalue weighted by Gasteiger charge is -2.27. The number of aromatic hydroxyl groups is 1. The summed E-state index contributed by atoms with van der Waals surface area (Å²) in [7, 11) is 1.51. The van der Waals surface area contributed by atoms with Crippen LogP contribution in [0.1, 0.15) is 53.7 Å². The summed E-state index contributed by atoms with van der Waals surface area (Å²) < 4.78 is 26.3. The average Bonchev–Trinajstić information content (AvgIpc) is 3.08. The molecule has 2 amide bonds. The van der Waals surface area contributed by atoms with Crippen LogP contribution in [-0.2, 0) is 16.1 Å². The number of carbonyl (C=O) groups excluding carboxylic acids is 2. The minimum absolute atomic E-state index is 0.0336. The molecule has 0 aliphatic carbocycles. The van der Waals surface area contributed by atoms with Crippen molar-refractivity contribution in [3.05, 3.63) is 76.8 Å². The summed E-state index contributed by atoms with van der Waals surface area (Å²) in [5, 5.41) is 13.3. The van der Waals surface area contributed by atoms with Crippen LogP contribution >= 0.6 is 0 Å². The summed E-state index contributed by atoms with van der Waals surface area (Å²) in [6.45, 7) is 9.34. The van der Waals surface area contributed by atoms with Crippen molar-refractivity contribution in [2.24, 2.45) is 0 Å². The van der Waals surface area contributed by atoms with Crippen molar-refractivity contribution in [1.29, 1.82) is 0 Å². The number of benzene rings is 1. The van der Waals surface area contributed by atoms with Crippen LogP contribution < -0.4 is 15.6 Å². The van der Waals surface area contributed by atoms with Gasteiger partial charge in [-0.2, -0.15) is 0 Å². The molecule has 0 fully saturated rings. The molecular formula is C26H31FN4O6. The van der Waals surface area contributed by atoms with Gasteiger partial charge in [-0.25, -0.2) is 9.37 Å². The summed E-state index contributed by atoms with van der Waals surface area (Å²) in [5.74, 6) is -2.21. The van der Waals surface area contributed by atoms with Crippen LogP contribution in [0.25, 0.3) is 0 Å².